The molecule has 0 aliphatic carbocycles. The van der Waals surface area contributed by atoms with Crippen molar-refractivity contribution in [3.63, 3.8) is 0 Å². The van der Waals surface area contributed by atoms with Crippen molar-refractivity contribution in [2.45, 2.75) is 53.2 Å². The second-order valence-electron chi connectivity index (χ2n) is 6.30. The molecule has 0 aromatic carbocycles. The Hall–Kier alpha value is -2.97. The van der Waals surface area contributed by atoms with Crippen LogP contribution in [0.3, 0.4) is 0 Å². The Kier molecular flexibility index (Phi) is 4.88. The number of rotatable bonds is 7. The van der Waals surface area contributed by atoms with Gasteiger partial charge >= 0.3 is 5.69 Å². The van der Waals surface area contributed by atoms with Crippen LogP contribution in [0.15, 0.2) is 22.0 Å². The van der Waals surface area contributed by atoms with Gasteiger partial charge in [0.05, 0.1) is 18.3 Å². The summed E-state index contributed by atoms with van der Waals surface area (Å²) in [6.45, 7) is 6.39. The van der Waals surface area contributed by atoms with Gasteiger partial charge in [0, 0.05) is 19.3 Å². The smallest absolute Gasteiger partial charge is 0.332 e. The van der Waals surface area contributed by atoms with Crippen LogP contribution in [-0.2, 0) is 24.4 Å². The fraction of sp³-hybridized carbons (Fsp3) is 0.471. The highest BCUT2D eigenvalue weighted by Crippen LogP contribution is 2.18. The van der Waals surface area contributed by atoms with Crippen LogP contribution in [0.4, 0.5) is 0 Å². The SMILES string of the molecule is CCCn1c(=O)c2[nH]c(-c3cnn(CC(C)=O)c3)nc2n(CCC)c1=O. The zero-order chi connectivity index (χ0) is 18.8. The minimum Gasteiger partial charge on any atom is -0.332 e. The third-order valence-corrected chi connectivity index (χ3v) is 4.05. The lowest BCUT2D eigenvalue weighted by Gasteiger charge is -2.09. The van der Waals surface area contributed by atoms with E-state index in [1.54, 1.807) is 12.4 Å². The van der Waals surface area contributed by atoms with Crippen molar-refractivity contribution in [3.05, 3.63) is 33.2 Å². The van der Waals surface area contributed by atoms with Crippen LogP contribution in [0.2, 0.25) is 0 Å². The van der Waals surface area contributed by atoms with Gasteiger partial charge in [-0.15, -0.1) is 0 Å². The minimum atomic E-state index is -0.367. The number of hydrogen-bond acceptors (Lipinski definition) is 5. The summed E-state index contributed by atoms with van der Waals surface area (Å²) in [6.07, 6.45) is 4.70. The maximum Gasteiger partial charge on any atom is 0.332 e. The molecule has 0 spiro atoms. The van der Waals surface area contributed by atoms with Crippen molar-refractivity contribution >= 4 is 16.9 Å². The summed E-state index contributed by atoms with van der Waals surface area (Å²) in [5.74, 6) is 0.439. The molecule has 9 nitrogen and oxygen atoms in total. The molecule has 3 aromatic rings. The Morgan fingerprint density at radius 3 is 2.50 bits per heavy atom. The Balaban J connectivity index is 2.18. The molecular weight excluding hydrogens is 336 g/mol. The highest BCUT2D eigenvalue weighted by Gasteiger charge is 2.18. The molecule has 0 aliphatic heterocycles. The maximum atomic E-state index is 12.7. The summed E-state index contributed by atoms with van der Waals surface area (Å²) < 4.78 is 4.30. The Labute approximate surface area is 149 Å². The van der Waals surface area contributed by atoms with E-state index in [0.29, 0.717) is 42.1 Å². The van der Waals surface area contributed by atoms with Crippen molar-refractivity contribution in [2.75, 3.05) is 0 Å². The van der Waals surface area contributed by atoms with Gasteiger partial charge in [0.25, 0.3) is 5.56 Å². The van der Waals surface area contributed by atoms with Gasteiger partial charge in [-0.25, -0.2) is 9.78 Å². The average molecular weight is 358 g/mol. The molecule has 3 rings (SSSR count). The number of ketones is 1. The van der Waals surface area contributed by atoms with Crippen LogP contribution < -0.4 is 11.2 Å². The van der Waals surface area contributed by atoms with Gasteiger partial charge in [-0.05, 0) is 19.8 Å². The van der Waals surface area contributed by atoms with E-state index in [2.05, 4.69) is 15.1 Å². The third kappa shape index (κ3) is 3.12. The van der Waals surface area contributed by atoms with Crippen LogP contribution in [0.1, 0.15) is 33.6 Å². The summed E-state index contributed by atoms with van der Waals surface area (Å²) in [4.78, 5) is 44.1. The first-order valence-corrected chi connectivity index (χ1v) is 8.71. The zero-order valence-corrected chi connectivity index (χ0v) is 15.2. The maximum absolute atomic E-state index is 12.7. The molecule has 3 aromatic heterocycles. The molecule has 138 valence electrons. The molecular formula is C17H22N6O3. The number of H-pyrrole nitrogens is 1. The number of imidazole rings is 1. The number of aromatic amines is 1. The number of aryl methyl sites for hydroxylation is 1. The van der Waals surface area contributed by atoms with Gasteiger partial charge in [-0.2, -0.15) is 5.10 Å². The normalized spacial score (nSPS) is 11.3. The quantitative estimate of drug-likeness (QED) is 0.682. The molecule has 0 atom stereocenters. The molecule has 26 heavy (non-hydrogen) atoms. The number of nitrogens with zero attached hydrogens (tertiary/aromatic N) is 5. The van der Waals surface area contributed by atoms with Crippen LogP contribution in [0.25, 0.3) is 22.6 Å². The van der Waals surface area contributed by atoms with Gasteiger partial charge in [0.1, 0.15) is 11.3 Å². The number of Topliss-reactive ketones (excluding diaryl/α,β-unsaturated/α-hetero) is 1. The lowest BCUT2D eigenvalue weighted by Crippen LogP contribution is -2.40. The number of aromatic nitrogens is 6. The molecule has 3 heterocycles. The van der Waals surface area contributed by atoms with E-state index < -0.39 is 0 Å². The van der Waals surface area contributed by atoms with E-state index >= 15 is 0 Å². The molecule has 0 unspecified atom stereocenters. The molecule has 0 fully saturated rings. The first-order chi connectivity index (χ1) is 12.5. The summed E-state index contributed by atoms with van der Waals surface area (Å²) in [7, 11) is 0. The summed E-state index contributed by atoms with van der Waals surface area (Å²) in [5, 5.41) is 4.13. The van der Waals surface area contributed by atoms with Gasteiger partial charge in [0.2, 0.25) is 0 Å². The first-order valence-electron chi connectivity index (χ1n) is 8.71. The highest BCUT2D eigenvalue weighted by molar-refractivity contribution is 5.76. The van der Waals surface area contributed by atoms with Crippen molar-refractivity contribution in [1.29, 1.82) is 0 Å². The minimum absolute atomic E-state index is 0.0107. The van der Waals surface area contributed by atoms with E-state index in [4.69, 9.17) is 0 Å². The monoisotopic (exact) mass is 358 g/mol. The van der Waals surface area contributed by atoms with Crippen molar-refractivity contribution in [2.24, 2.45) is 0 Å². The predicted molar refractivity (Wildman–Crippen MR) is 97.1 cm³/mol. The molecule has 0 bridgehead atoms. The third-order valence-electron chi connectivity index (χ3n) is 4.05. The fourth-order valence-corrected chi connectivity index (χ4v) is 2.95. The molecule has 0 amide bonds. The largest absolute Gasteiger partial charge is 0.332 e. The van der Waals surface area contributed by atoms with Gasteiger partial charge in [-0.1, -0.05) is 13.8 Å². The second-order valence-corrected chi connectivity index (χ2v) is 6.30. The second kappa shape index (κ2) is 7.11. The number of carbonyl (C=O) groups excluding carboxylic acids is 1. The number of hydrogen-bond donors (Lipinski definition) is 1. The van der Waals surface area contributed by atoms with Crippen LogP contribution >= 0.6 is 0 Å². The molecule has 0 saturated heterocycles. The van der Waals surface area contributed by atoms with Gasteiger partial charge < -0.3 is 4.98 Å². The molecule has 0 radical (unpaired) electrons. The van der Waals surface area contributed by atoms with Gasteiger partial charge in [-0.3, -0.25) is 23.4 Å². The summed E-state index contributed by atoms with van der Waals surface area (Å²) in [5.41, 5.74) is 0.606. The molecule has 1 N–H and O–H groups in total. The standard InChI is InChI=1S/C17H22N6O3/c1-4-6-22-15-13(16(25)23(7-5-2)17(22)26)19-14(20-15)12-8-18-21(10-12)9-11(3)24/h8,10H,4-7,9H2,1-3H3,(H,19,20). The van der Waals surface area contributed by atoms with Crippen molar-refractivity contribution in [1.82, 2.24) is 28.9 Å². The Morgan fingerprint density at radius 1 is 1.15 bits per heavy atom. The first kappa shape index (κ1) is 17.8. The molecule has 9 heteroatoms. The van der Waals surface area contributed by atoms with Crippen molar-refractivity contribution < 1.29 is 4.79 Å². The van der Waals surface area contributed by atoms with Crippen LogP contribution in [-0.4, -0.2) is 34.7 Å². The zero-order valence-electron chi connectivity index (χ0n) is 15.2. The fourth-order valence-electron chi connectivity index (χ4n) is 2.95. The summed E-state index contributed by atoms with van der Waals surface area (Å²) in [6, 6.07) is 0. The predicted octanol–water partition coefficient (Wildman–Crippen LogP) is 1.16. The van der Waals surface area contributed by atoms with E-state index in [1.165, 1.54) is 20.7 Å². The van der Waals surface area contributed by atoms with E-state index in [-0.39, 0.29) is 23.6 Å². The van der Waals surface area contributed by atoms with E-state index in [0.717, 1.165) is 6.42 Å². The number of fused-ring (bicyclic) bond motifs is 1. The number of nitrogens with one attached hydrogen (secondary N) is 1. The Bertz CT molecular complexity index is 1070. The average Bonchev–Trinajstić information content (AvgIpc) is 3.22. The molecule has 0 aliphatic rings. The molecule has 0 saturated carbocycles. The Morgan fingerprint density at radius 2 is 1.85 bits per heavy atom. The van der Waals surface area contributed by atoms with Crippen molar-refractivity contribution in [3.8, 4) is 11.4 Å². The highest BCUT2D eigenvalue weighted by atomic mass is 16.2. The number of carbonyl (C=O) groups is 1. The summed E-state index contributed by atoms with van der Waals surface area (Å²) >= 11 is 0. The van der Waals surface area contributed by atoms with E-state index in [9.17, 15) is 14.4 Å². The van der Waals surface area contributed by atoms with E-state index in [1.807, 2.05) is 13.8 Å². The van der Waals surface area contributed by atoms with Gasteiger partial charge in [0.15, 0.2) is 11.4 Å². The lowest BCUT2D eigenvalue weighted by atomic mass is 10.3. The van der Waals surface area contributed by atoms with Crippen LogP contribution in [0, 0.1) is 0 Å². The topological polar surface area (TPSA) is 108 Å². The van der Waals surface area contributed by atoms with Crippen LogP contribution in [0.5, 0.6) is 0 Å². The lowest BCUT2D eigenvalue weighted by molar-refractivity contribution is -0.117.